The van der Waals surface area contributed by atoms with E-state index in [9.17, 15) is 24.5 Å². The molecule has 202 valence electrons. The summed E-state index contributed by atoms with van der Waals surface area (Å²) < 4.78 is 17.7. The molecule has 1 aromatic heterocycles. The van der Waals surface area contributed by atoms with Gasteiger partial charge in [-0.1, -0.05) is 29.5 Å². The van der Waals surface area contributed by atoms with Gasteiger partial charge in [-0.15, -0.1) is 0 Å². The minimum Gasteiger partial charge on any atom is -0.490 e. The number of ether oxygens (including phenoxy) is 3. The van der Waals surface area contributed by atoms with Crippen LogP contribution in [0.25, 0.3) is 6.08 Å². The number of allylic oxidation sites excluding steroid dienone is 1. The van der Waals surface area contributed by atoms with E-state index in [0.717, 1.165) is 11.3 Å². The van der Waals surface area contributed by atoms with Gasteiger partial charge in [0, 0.05) is 19.1 Å². The molecule has 0 saturated heterocycles. The zero-order valence-electron chi connectivity index (χ0n) is 21.6. The van der Waals surface area contributed by atoms with E-state index < -0.39 is 28.5 Å². The van der Waals surface area contributed by atoms with Crippen LogP contribution in [-0.2, 0) is 14.3 Å². The fourth-order valence-electron chi connectivity index (χ4n) is 4.19. The molecule has 0 saturated carbocycles. The number of nitro benzene ring substituents is 1. The normalized spacial score (nSPS) is 14.9. The molecule has 39 heavy (non-hydrogen) atoms. The number of hydrogen-bond acceptors (Lipinski definition) is 10. The first kappa shape index (κ1) is 27.5. The number of carbonyl (C=O) groups excluding carboxylic acids is 2. The van der Waals surface area contributed by atoms with Gasteiger partial charge in [0.15, 0.2) is 16.3 Å². The molecule has 1 aliphatic heterocycles. The number of rotatable bonds is 8. The number of benzene rings is 2. The van der Waals surface area contributed by atoms with Crippen molar-refractivity contribution >= 4 is 35.0 Å². The van der Waals surface area contributed by atoms with Crippen molar-refractivity contribution in [2.24, 2.45) is 4.99 Å². The zero-order chi connectivity index (χ0) is 28.3. The lowest BCUT2D eigenvalue weighted by Gasteiger charge is -2.24. The molecule has 2 heterocycles. The van der Waals surface area contributed by atoms with Crippen LogP contribution < -0.4 is 24.4 Å². The highest BCUT2D eigenvalue weighted by Crippen LogP contribution is 2.32. The quantitative estimate of drug-likeness (QED) is 0.180. The minimum absolute atomic E-state index is 0.104. The first-order chi connectivity index (χ1) is 18.6. The Labute approximate surface area is 226 Å². The Kier molecular flexibility index (Phi) is 8.05. The van der Waals surface area contributed by atoms with Crippen molar-refractivity contribution in [3.8, 4) is 11.5 Å². The molecular weight excluding hydrogens is 526 g/mol. The molecule has 12 heteroatoms. The molecule has 1 atom stereocenters. The van der Waals surface area contributed by atoms with Crippen molar-refractivity contribution in [3.05, 3.63) is 94.7 Å². The van der Waals surface area contributed by atoms with Crippen LogP contribution in [0.5, 0.6) is 11.5 Å². The number of aromatic nitrogens is 1. The monoisotopic (exact) mass is 551 g/mol. The van der Waals surface area contributed by atoms with Gasteiger partial charge in [0.1, 0.15) is 0 Å². The molecule has 0 unspecified atom stereocenters. The Morgan fingerprint density at radius 1 is 1.15 bits per heavy atom. The fourth-order valence-corrected chi connectivity index (χ4v) is 5.24. The molecule has 0 fully saturated rings. The molecule has 0 radical (unpaired) electrons. The number of thiazole rings is 1. The number of nitrogens with zero attached hydrogens (tertiary/aromatic N) is 3. The third kappa shape index (κ3) is 5.65. The molecule has 0 aliphatic carbocycles. The maximum Gasteiger partial charge on any atom is 0.338 e. The summed E-state index contributed by atoms with van der Waals surface area (Å²) in [6.07, 6.45) is 1.64. The van der Waals surface area contributed by atoms with Crippen LogP contribution in [0.2, 0.25) is 0 Å². The van der Waals surface area contributed by atoms with Crippen LogP contribution in [-0.4, -0.2) is 34.6 Å². The highest BCUT2D eigenvalue weighted by molar-refractivity contribution is 7.07. The molecular formula is C27H25N3O8S. The van der Waals surface area contributed by atoms with Crippen LogP contribution in [0, 0.1) is 10.1 Å². The van der Waals surface area contributed by atoms with Gasteiger partial charge < -0.3 is 14.2 Å². The maximum atomic E-state index is 13.7. The second kappa shape index (κ2) is 11.4. The van der Waals surface area contributed by atoms with Gasteiger partial charge in [-0.3, -0.25) is 24.3 Å². The summed E-state index contributed by atoms with van der Waals surface area (Å²) in [5.41, 5.74) is 0.838. The smallest absolute Gasteiger partial charge is 0.338 e. The largest absolute Gasteiger partial charge is 0.490 e. The molecule has 0 amide bonds. The predicted octanol–water partition coefficient (Wildman–Crippen LogP) is 3.03. The SMILES string of the molecule is CCOC(=O)C1=C(C)N=c2s/c(=C\c3ccc(OC(C)=O)c(OCC)c3)c(=O)n2[C@H]1c1cccc([N+](=O)[O-])c1. The summed E-state index contributed by atoms with van der Waals surface area (Å²) in [6.45, 7) is 6.81. The van der Waals surface area contributed by atoms with Crippen molar-refractivity contribution in [1.29, 1.82) is 0 Å². The average Bonchev–Trinajstić information content (AvgIpc) is 3.19. The topological polar surface area (TPSA) is 139 Å². The van der Waals surface area contributed by atoms with Crippen molar-refractivity contribution in [2.75, 3.05) is 13.2 Å². The van der Waals surface area contributed by atoms with Gasteiger partial charge in [-0.05, 0) is 50.1 Å². The summed E-state index contributed by atoms with van der Waals surface area (Å²) in [4.78, 5) is 53.9. The first-order valence-corrected chi connectivity index (χ1v) is 12.9. The second-order valence-electron chi connectivity index (χ2n) is 8.39. The van der Waals surface area contributed by atoms with Gasteiger partial charge in [-0.2, -0.15) is 0 Å². The Bertz CT molecular complexity index is 1690. The number of non-ortho nitro benzene ring substituents is 1. The van der Waals surface area contributed by atoms with Crippen molar-refractivity contribution in [3.63, 3.8) is 0 Å². The van der Waals surface area contributed by atoms with Crippen LogP contribution >= 0.6 is 11.3 Å². The lowest BCUT2D eigenvalue weighted by atomic mass is 9.95. The number of fused-ring (bicyclic) bond motifs is 1. The van der Waals surface area contributed by atoms with E-state index >= 15 is 0 Å². The van der Waals surface area contributed by atoms with E-state index in [-0.39, 0.29) is 23.6 Å². The van der Waals surface area contributed by atoms with Crippen molar-refractivity contribution in [2.45, 2.75) is 33.7 Å². The summed E-state index contributed by atoms with van der Waals surface area (Å²) in [7, 11) is 0. The molecule has 1 aliphatic rings. The van der Waals surface area contributed by atoms with E-state index in [2.05, 4.69) is 4.99 Å². The summed E-state index contributed by atoms with van der Waals surface area (Å²) in [5.74, 6) is -0.564. The Balaban J connectivity index is 1.91. The van der Waals surface area contributed by atoms with E-state index in [1.165, 1.54) is 29.7 Å². The van der Waals surface area contributed by atoms with Crippen molar-refractivity contribution < 1.29 is 28.7 Å². The van der Waals surface area contributed by atoms with Crippen LogP contribution in [0.4, 0.5) is 5.69 Å². The molecule has 0 bridgehead atoms. The lowest BCUT2D eigenvalue weighted by Crippen LogP contribution is -2.40. The van der Waals surface area contributed by atoms with Gasteiger partial charge >= 0.3 is 11.9 Å². The third-order valence-corrected chi connectivity index (χ3v) is 6.72. The minimum atomic E-state index is -0.979. The number of carbonyl (C=O) groups is 2. The molecule has 0 N–H and O–H groups in total. The Morgan fingerprint density at radius 2 is 1.92 bits per heavy atom. The summed E-state index contributed by atoms with van der Waals surface area (Å²) >= 11 is 1.11. The molecule has 11 nitrogen and oxygen atoms in total. The highest BCUT2D eigenvalue weighted by atomic mass is 32.1. The van der Waals surface area contributed by atoms with Crippen molar-refractivity contribution in [1.82, 2.24) is 4.57 Å². The third-order valence-electron chi connectivity index (χ3n) is 5.73. The zero-order valence-corrected chi connectivity index (χ0v) is 22.4. The second-order valence-corrected chi connectivity index (χ2v) is 9.40. The van der Waals surface area contributed by atoms with Gasteiger partial charge in [0.05, 0.1) is 40.0 Å². The van der Waals surface area contributed by atoms with E-state index in [0.29, 0.717) is 38.5 Å². The highest BCUT2D eigenvalue weighted by Gasteiger charge is 2.34. The summed E-state index contributed by atoms with van der Waals surface area (Å²) in [6, 6.07) is 9.71. The molecule has 0 spiro atoms. The maximum absolute atomic E-state index is 13.7. The predicted molar refractivity (Wildman–Crippen MR) is 142 cm³/mol. The van der Waals surface area contributed by atoms with Crippen LogP contribution in [0.1, 0.15) is 44.9 Å². The van der Waals surface area contributed by atoms with Gasteiger partial charge in [0.25, 0.3) is 11.2 Å². The van der Waals surface area contributed by atoms with Gasteiger partial charge in [-0.25, -0.2) is 9.79 Å². The molecule has 3 aromatic rings. The van der Waals surface area contributed by atoms with Crippen LogP contribution in [0.3, 0.4) is 0 Å². The Hall–Kier alpha value is -4.58. The fraction of sp³-hybridized carbons (Fsp3) is 0.259. The van der Waals surface area contributed by atoms with E-state index in [1.54, 1.807) is 51.1 Å². The molecule has 4 rings (SSSR count). The lowest BCUT2D eigenvalue weighted by molar-refractivity contribution is -0.384. The first-order valence-electron chi connectivity index (χ1n) is 12.0. The standard InChI is InChI=1S/C27H25N3O8S/c1-5-36-21-12-17(10-11-20(21)38-16(4)31)13-22-25(32)29-24(18-8-7-9-19(14-18)30(34)35)23(26(33)37-6-2)15(3)28-27(29)39-22/h7-14,24H,5-6H2,1-4H3/b22-13-/t24-/m0/s1. The van der Waals surface area contributed by atoms with E-state index in [4.69, 9.17) is 14.2 Å². The number of nitro groups is 1. The summed E-state index contributed by atoms with van der Waals surface area (Å²) in [5, 5.41) is 11.5. The number of hydrogen-bond donors (Lipinski definition) is 0. The van der Waals surface area contributed by atoms with E-state index in [1.807, 2.05) is 0 Å². The van der Waals surface area contributed by atoms with Crippen LogP contribution in [0.15, 0.2) is 63.5 Å². The molecule has 2 aromatic carbocycles. The average molecular weight is 552 g/mol. The number of esters is 2. The Morgan fingerprint density at radius 3 is 2.59 bits per heavy atom. The van der Waals surface area contributed by atoms with Gasteiger partial charge in [0.2, 0.25) is 0 Å².